The minimum atomic E-state index is -3.64. The number of carbonyl (C=O) groups is 1. The van der Waals surface area contributed by atoms with E-state index in [0.717, 1.165) is 0 Å². The highest BCUT2D eigenvalue weighted by Gasteiger charge is 2.22. The maximum absolute atomic E-state index is 12.4. The molecular weight excluding hydrogens is 314 g/mol. The molecule has 122 valence electrons. The van der Waals surface area contributed by atoms with Crippen molar-refractivity contribution in [2.45, 2.75) is 31.2 Å². The molecule has 0 spiro atoms. The maximum Gasteiger partial charge on any atom is 0.241 e. The molecule has 0 radical (unpaired) electrons. The fraction of sp³-hybridized carbons (Fsp3) is 0.235. The lowest BCUT2D eigenvalue weighted by Gasteiger charge is -2.20. The number of sulfonamides is 1. The Morgan fingerprint density at radius 1 is 1.04 bits per heavy atom. The second-order valence-corrected chi connectivity index (χ2v) is 7.96. The van der Waals surface area contributed by atoms with E-state index in [-0.39, 0.29) is 16.2 Å². The van der Waals surface area contributed by atoms with Crippen molar-refractivity contribution in [3.8, 4) is 16.9 Å². The van der Waals surface area contributed by atoms with Crippen LogP contribution in [0.15, 0.2) is 47.4 Å². The largest absolute Gasteiger partial charge is 0.507 e. The van der Waals surface area contributed by atoms with Crippen LogP contribution in [0.3, 0.4) is 0 Å². The molecule has 2 N–H and O–H groups in total. The predicted molar refractivity (Wildman–Crippen MR) is 89.0 cm³/mol. The van der Waals surface area contributed by atoms with Gasteiger partial charge in [-0.15, -0.1) is 0 Å². The molecule has 23 heavy (non-hydrogen) atoms. The molecule has 0 saturated heterocycles. The summed E-state index contributed by atoms with van der Waals surface area (Å²) in [5.41, 5.74) is 0.865. The van der Waals surface area contributed by atoms with Gasteiger partial charge in [0.1, 0.15) is 5.75 Å². The monoisotopic (exact) mass is 333 g/mol. The molecule has 2 aromatic carbocycles. The zero-order chi connectivity index (χ0) is 17.3. The van der Waals surface area contributed by atoms with Crippen LogP contribution in [0.2, 0.25) is 0 Å². The van der Waals surface area contributed by atoms with Crippen molar-refractivity contribution in [2.24, 2.45) is 0 Å². The van der Waals surface area contributed by atoms with E-state index in [4.69, 9.17) is 0 Å². The third-order valence-corrected chi connectivity index (χ3v) is 4.83. The van der Waals surface area contributed by atoms with Crippen molar-refractivity contribution < 1.29 is 18.3 Å². The maximum atomic E-state index is 12.4. The first-order chi connectivity index (χ1) is 10.6. The van der Waals surface area contributed by atoms with Crippen LogP contribution in [0.5, 0.6) is 5.75 Å². The van der Waals surface area contributed by atoms with Crippen LogP contribution in [0, 0.1) is 0 Å². The van der Waals surface area contributed by atoms with Crippen molar-refractivity contribution in [3.05, 3.63) is 48.0 Å². The average Bonchev–Trinajstić information content (AvgIpc) is 2.45. The van der Waals surface area contributed by atoms with Gasteiger partial charge < -0.3 is 5.11 Å². The Balaban J connectivity index is 2.47. The molecule has 0 heterocycles. The molecule has 0 aromatic heterocycles. The molecular formula is C17H19NO4S. The van der Waals surface area contributed by atoms with Crippen LogP contribution < -0.4 is 4.72 Å². The summed E-state index contributed by atoms with van der Waals surface area (Å²) in [6.07, 6.45) is 0.556. The van der Waals surface area contributed by atoms with Crippen LogP contribution in [0.1, 0.15) is 31.1 Å². The number of phenols is 1. The van der Waals surface area contributed by atoms with Crippen molar-refractivity contribution in [1.29, 1.82) is 0 Å². The van der Waals surface area contributed by atoms with Crippen LogP contribution in [-0.4, -0.2) is 25.3 Å². The third kappa shape index (κ3) is 4.18. The van der Waals surface area contributed by atoms with E-state index in [1.165, 1.54) is 24.3 Å². The Morgan fingerprint density at radius 2 is 1.70 bits per heavy atom. The second-order valence-electron chi connectivity index (χ2n) is 6.27. The van der Waals surface area contributed by atoms with Gasteiger partial charge in [-0.1, -0.05) is 18.2 Å². The molecule has 0 atom stereocenters. The Labute approximate surface area is 136 Å². The van der Waals surface area contributed by atoms with Gasteiger partial charge in [0, 0.05) is 5.54 Å². The van der Waals surface area contributed by atoms with Gasteiger partial charge in [-0.25, -0.2) is 13.1 Å². The van der Waals surface area contributed by atoms with Crippen molar-refractivity contribution >= 4 is 16.3 Å². The van der Waals surface area contributed by atoms with Gasteiger partial charge in [-0.3, -0.25) is 4.79 Å². The Morgan fingerprint density at radius 3 is 2.30 bits per heavy atom. The van der Waals surface area contributed by atoms with Crippen LogP contribution in [0.25, 0.3) is 11.1 Å². The second kappa shape index (κ2) is 6.14. The van der Waals surface area contributed by atoms with E-state index < -0.39 is 15.6 Å². The summed E-state index contributed by atoms with van der Waals surface area (Å²) in [6.45, 7) is 5.31. The molecule has 0 saturated carbocycles. The lowest BCUT2D eigenvalue weighted by Crippen LogP contribution is -2.40. The smallest absolute Gasteiger partial charge is 0.241 e. The number of hydrogen-bond donors (Lipinski definition) is 2. The first kappa shape index (κ1) is 17.2. The van der Waals surface area contributed by atoms with Gasteiger partial charge >= 0.3 is 0 Å². The zero-order valence-electron chi connectivity index (χ0n) is 13.2. The summed E-state index contributed by atoms with van der Waals surface area (Å²) in [7, 11) is -3.64. The average molecular weight is 333 g/mol. The molecule has 2 aromatic rings. The number of carbonyl (C=O) groups excluding carboxylic acids is 1. The van der Waals surface area contributed by atoms with Crippen molar-refractivity contribution in [2.75, 3.05) is 0 Å². The van der Waals surface area contributed by atoms with Gasteiger partial charge in [0.15, 0.2) is 6.29 Å². The third-order valence-electron chi connectivity index (χ3n) is 3.07. The molecule has 0 aliphatic heterocycles. The predicted octanol–water partition coefficient (Wildman–Crippen LogP) is 2.95. The quantitative estimate of drug-likeness (QED) is 0.843. The first-order valence-corrected chi connectivity index (χ1v) is 8.53. The van der Waals surface area contributed by atoms with E-state index in [1.54, 1.807) is 39.0 Å². The summed E-state index contributed by atoms with van der Waals surface area (Å²) in [5, 5.41) is 9.56. The fourth-order valence-electron chi connectivity index (χ4n) is 2.13. The number of benzene rings is 2. The van der Waals surface area contributed by atoms with Gasteiger partial charge in [-0.2, -0.15) is 0 Å². The summed E-state index contributed by atoms with van der Waals surface area (Å²) in [5.74, 6) is -0.109. The summed E-state index contributed by atoms with van der Waals surface area (Å²) in [6, 6.07) is 11.0. The number of aromatic hydroxyl groups is 1. The molecule has 0 aliphatic carbocycles. The zero-order valence-corrected chi connectivity index (χ0v) is 14.0. The van der Waals surface area contributed by atoms with E-state index in [0.29, 0.717) is 17.4 Å². The SMILES string of the molecule is CC(C)(C)NS(=O)(=O)c1cccc(-c2ccc(O)c(C=O)c2)c1. The lowest BCUT2D eigenvalue weighted by atomic mass is 10.0. The van der Waals surface area contributed by atoms with Gasteiger partial charge in [0.05, 0.1) is 10.5 Å². The van der Waals surface area contributed by atoms with Gasteiger partial charge in [0.2, 0.25) is 10.0 Å². The minimum absolute atomic E-state index is 0.109. The normalized spacial score (nSPS) is 12.1. The Hall–Kier alpha value is -2.18. The summed E-state index contributed by atoms with van der Waals surface area (Å²) in [4.78, 5) is 11.1. The highest BCUT2D eigenvalue weighted by Crippen LogP contribution is 2.27. The number of nitrogens with one attached hydrogen (secondary N) is 1. The van der Waals surface area contributed by atoms with E-state index >= 15 is 0 Å². The molecule has 0 fully saturated rings. The van der Waals surface area contributed by atoms with Crippen LogP contribution >= 0.6 is 0 Å². The number of aldehydes is 1. The highest BCUT2D eigenvalue weighted by atomic mass is 32.2. The van der Waals surface area contributed by atoms with E-state index in [9.17, 15) is 18.3 Å². The van der Waals surface area contributed by atoms with Crippen molar-refractivity contribution in [1.82, 2.24) is 4.72 Å². The molecule has 0 amide bonds. The number of phenolic OH excluding ortho intramolecular Hbond substituents is 1. The van der Waals surface area contributed by atoms with E-state index in [2.05, 4.69) is 4.72 Å². The topological polar surface area (TPSA) is 83.5 Å². The molecule has 5 nitrogen and oxygen atoms in total. The molecule has 2 rings (SSSR count). The van der Waals surface area contributed by atoms with E-state index in [1.807, 2.05) is 0 Å². The van der Waals surface area contributed by atoms with Gasteiger partial charge in [-0.05, 0) is 56.2 Å². The van der Waals surface area contributed by atoms with Crippen LogP contribution in [-0.2, 0) is 10.0 Å². The first-order valence-electron chi connectivity index (χ1n) is 7.05. The molecule has 0 unspecified atom stereocenters. The van der Waals surface area contributed by atoms with Gasteiger partial charge in [0.25, 0.3) is 0 Å². The number of rotatable bonds is 4. The molecule has 0 bridgehead atoms. The summed E-state index contributed by atoms with van der Waals surface area (Å²) >= 11 is 0. The Bertz CT molecular complexity index is 836. The lowest BCUT2D eigenvalue weighted by molar-refractivity contribution is 0.112. The molecule has 0 aliphatic rings. The van der Waals surface area contributed by atoms with Crippen LogP contribution in [0.4, 0.5) is 0 Å². The fourth-order valence-corrected chi connectivity index (χ4v) is 3.60. The number of hydrogen-bond acceptors (Lipinski definition) is 4. The summed E-state index contributed by atoms with van der Waals surface area (Å²) < 4.78 is 27.4. The van der Waals surface area contributed by atoms with Crippen molar-refractivity contribution in [3.63, 3.8) is 0 Å². The molecule has 6 heteroatoms. The minimum Gasteiger partial charge on any atom is -0.507 e. The Kier molecular flexibility index (Phi) is 4.58. The highest BCUT2D eigenvalue weighted by molar-refractivity contribution is 7.89. The standard InChI is InChI=1S/C17H19NO4S/c1-17(2,3)18-23(21,22)15-6-4-5-12(10-15)13-7-8-16(20)14(9-13)11-19/h4-11,18,20H,1-3H3.